The molecular weight excluding hydrogens is 580 g/mol. The van der Waals surface area contributed by atoms with Crippen LogP contribution in [0.4, 0.5) is 23.2 Å². The lowest BCUT2D eigenvalue weighted by molar-refractivity contribution is -0.192. The summed E-state index contributed by atoms with van der Waals surface area (Å²) in [6.45, 7) is 3.69. The van der Waals surface area contributed by atoms with Gasteiger partial charge in [-0.05, 0) is 67.9 Å². The molecule has 3 aromatic rings. The Morgan fingerprint density at radius 1 is 1.12 bits per heavy atom. The lowest BCUT2D eigenvalue weighted by Gasteiger charge is -2.22. The predicted molar refractivity (Wildman–Crippen MR) is 145 cm³/mol. The zero-order valence-corrected chi connectivity index (χ0v) is 22.6. The molecule has 0 aliphatic carbocycles. The van der Waals surface area contributed by atoms with Gasteiger partial charge in [-0.15, -0.1) is 0 Å². The first-order valence-corrected chi connectivity index (χ1v) is 12.4. The molecule has 2 aromatic carbocycles. The molecule has 2 aliphatic rings. The molecule has 1 unspecified atom stereocenters. The van der Waals surface area contributed by atoms with E-state index in [1.165, 1.54) is 18.3 Å². The second kappa shape index (κ2) is 14.0. The van der Waals surface area contributed by atoms with E-state index >= 15 is 0 Å². The van der Waals surface area contributed by atoms with Gasteiger partial charge in [0.15, 0.2) is 18.2 Å². The average molecular weight is 607 g/mol. The Balaban J connectivity index is 0.000000646. The fourth-order valence-corrected chi connectivity index (χ4v) is 3.45. The third-order valence-electron chi connectivity index (χ3n) is 5.42. The smallest absolute Gasteiger partial charge is 0.487 e. The number of carbonyl (C=O) groups is 3. The molecule has 2 amide bonds. The Bertz CT molecular complexity index is 1500. The fraction of sp³-hybridized carbons (Fsp3) is 0.222. The van der Waals surface area contributed by atoms with Crippen molar-refractivity contribution >= 4 is 29.3 Å². The highest BCUT2D eigenvalue weighted by Gasteiger charge is 2.38. The van der Waals surface area contributed by atoms with Crippen LogP contribution in [0.15, 0.2) is 65.8 Å². The van der Waals surface area contributed by atoms with Crippen molar-refractivity contribution in [3.8, 4) is 11.5 Å². The number of carboxylic acids is 1. The van der Waals surface area contributed by atoms with Crippen molar-refractivity contribution in [3.63, 3.8) is 0 Å². The molecular formula is C27H26F4N6O6. The maximum Gasteiger partial charge on any atom is 0.490 e. The number of hydrazine groups is 1. The van der Waals surface area contributed by atoms with Crippen LogP contribution in [-0.4, -0.2) is 52.7 Å². The number of fused-ring (bicyclic) bond motifs is 5. The van der Waals surface area contributed by atoms with Crippen LogP contribution in [0.3, 0.4) is 0 Å². The maximum absolute atomic E-state index is 13.8. The third kappa shape index (κ3) is 9.04. The Morgan fingerprint density at radius 3 is 2.40 bits per heavy atom. The number of benzene rings is 2. The summed E-state index contributed by atoms with van der Waals surface area (Å²) in [5.74, 6) is -4.03. The van der Waals surface area contributed by atoms with Crippen LogP contribution in [0.1, 0.15) is 41.4 Å². The van der Waals surface area contributed by atoms with E-state index in [9.17, 15) is 27.2 Å². The molecule has 0 fully saturated rings. The highest BCUT2D eigenvalue weighted by atomic mass is 19.4. The summed E-state index contributed by atoms with van der Waals surface area (Å²) in [4.78, 5) is 42.2. The molecule has 16 heteroatoms. The first kappa shape index (κ1) is 32.1. The lowest BCUT2D eigenvalue weighted by atomic mass is 10.0. The number of hydrogen-bond donors (Lipinski definition) is 5. The number of halogens is 4. The van der Waals surface area contributed by atoms with Crippen molar-refractivity contribution in [2.75, 3.05) is 12.0 Å². The number of alkyl halides is 3. The maximum atomic E-state index is 13.8. The van der Waals surface area contributed by atoms with Crippen molar-refractivity contribution in [1.82, 2.24) is 15.8 Å². The molecule has 228 valence electrons. The largest absolute Gasteiger partial charge is 0.490 e. The van der Waals surface area contributed by atoms with Crippen molar-refractivity contribution in [3.05, 3.63) is 83.4 Å². The number of nitrogens with two attached hydrogens (primary N) is 1. The number of nitrogens with zero attached hydrogens (tertiary/aromatic N) is 2. The van der Waals surface area contributed by atoms with E-state index in [1.807, 2.05) is 13.8 Å². The summed E-state index contributed by atoms with van der Waals surface area (Å²) in [6.07, 6.45) is -3.98. The number of carbonyl (C=O) groups excluding carboxylic acids is 2. The number of rotatable bonds is 4. The Hall–Kier alpha value is -5.41. The van der Waals surface area contributed by atoms with Gasteiger partial charge in [-0.3, -0.25) is 20.4 Å². The molecule has 0 saturated carbocycles. The van der Waals surface area contributed by atoms with Gasteiger partial charge in [0.1, 0.15) is 11.9 Å². The molecule has 1 aromatic heterocycles. The zero-order chi connectivity index (χ0) is 31.7. The molecule has 6 N–H and O–H groups in total. The number of pyridine rings is 1. The second-order valence-corrected chi connectivity index (χ2v) is 8.93. The number of aliphatic carboxylic acids is 1. The zero-order valence-electron chi connectivity index (χ0n) is 22.6. The van der Waals surface area contributed by atoms with Gasteiger partial charge in [-0.1, -0.05) is 6.07 Å². The van der Waals surface area contributed by atoms with Crippen molar-refractivity contribution in [1.29, 1.82) is 0 Å². The molecule has 3 heterocycles. The van der Waals surface area contributed by atoms with Crippen molar-refractivity contribution < 1.29 is 46.5 Å². The summed E-state index contributed by atoms with van der Waals surface area (Å²) >= 11 is 0. The number of carboxylic acid groups (broad SMARTS) is 1. The molecule has 43 heavy (non-hydrogen) atoms. The van der Waals surface area contributed by atoms with Crippen LogP contribution in [-0.2, 0) is 9.59 Å². The Labute approximate surface area is 241 Å². The Kier molecular flexibility index (Phi) is 10.4. The number of nitrogens with one attached hydrogen (secondary N) is 3. The van der Waals surface area contributed by atoms with Gasteiger partial charge >= 0.3 is 12.1 Å². The third-order valence-corrected chi connectivity index (χ3v) is 5.42. The number of anilines is 1. The summed E-state index contributed by atoms with van der Waals surface area (Å²) < 4.78 is 57.2. The van der Waals surface area contributed by atoms with Crippen LogP contribution in [0.2, 0.25) is 0 Å². The number of amides is 2. The number of aromatic nitrogens is 1. The van der Waals surface area contributed by atoms with Gasteiger partial charge in [0.05, 0.1) is 11.7 Å². The molecule has 1 atom stereocenters. The quantitative estimate of drug-likeness (QED) is 0.169. The molecule has 2 aliphatic heterocycles. The van der Waals surface area contributed by atoms with Gasteiger partial charge in [0.2, 0.25) is 5.95 Å². The van der Waals surface area contributed by atoms with Crippen LogP contribution >= 0.6 is 0 Å². The average Bonchev–Trinajstić information content (AvgIpc) is 2.96. The summed E-state index contributed by atoms with van der Waals surface area (Å²) in [5.41, 5.74) is 12.1. The van der Waals surface area contributed by atoms with E-state index in [0.717, 1.165) is 0 Å². The molecule has 0 spiro atoms. The van der Waals surface area contributed by atoms with E-state index in [2.05, 4.69) is 26.1 Å². The lowest BCUT2D eigenvalue weighted by Crippen LogP contribution is -2.45. The molecule has 4 bridgehead atoms. The molecule has 5 rings (SSSR count). The summed E-state index contributed by atoms with van der Waals surface area (Å²) in [6, 6.07) is 13.7. The van der Waals surface area contributed by atoms with Gasteiger partial charge in [-0.25, -0.2) is 14.8 Å². The summed E-state index contributed by atoms with van der Waals surface area (Å²) in [5, 5.41) is 10.3. The first-order chi connectivity index (χ1) is 20.3. The van der Waals surface area contributed by atoms with Crippen LogP contribution < -0.4 is 31.4 Å². The van der Waals surface area contributed by atoms with Gasteiger partial charge < -0.3 is 25.6 Å². The minimum atomic E-state index is -5.08. The minimum absolute atomic E-state index is 0.0669. The normalized spacial score (nSPS) is 15.4. The number of ether oxygens (including phenoxy) is 2. The monoisotopic (exact) mass is 606 g/mol. The van der Waals surface area contributed by atoms with Gasteiger partial charge in [0.25, 0.3) is 11.8 Å². The highest BCUT2D eigenvalue weighted by Crippen LogP contribution is 2.33. The number of aliphatic imine (C=N–C) groups is 1. The minimum Gasteiger partial charge on any atom is -0.487 e. The van der Waals surface area contributed by atoms with Crippen LogP contribution in [0, 0.1) is 5.95 Å². The van der Waals surface area contributed by atoms with E-state index in [4.69, 9.17) is 25.1 Å². The van der Waals surface area contributed by atoms with E-state index in [1.54, 1.807) is 42.5 Å². The van der Waals surface area contributed by atoms with E-state index in [0.29, 0.717) is 34.1 Å². The second-order valence-electron chi connectivity index (χ2n) is 8.93. The molecule has 0 radical (unpaired) electrons. The standard InChI is InChI=1S/C25H25FN6O4.C2HF3O2/c1-14(2)36-19-10-7-16-12-20(19)35-13-29-23(27)15-5-8-17(9-6-15)30-21(16)25(34)32-31-24(33)18-4-3-11-28-22(18)26;3-2(4,5)1(6)7/h3-12,14,21,30H,13H2,1-2H3,(H2,27,29)(H,31,33)(H,32,34);(H,6,7). The van der Waals surface area contributed by atoms with E-state index in [-0.39, 0.29) is 18.4 Å². The van der Waals surface area contributed by atoms with Crippen LogP contribution in [0.5, 0.6) is 11.5 Å². The van der Waals surface area contributed by atoms with Crippen LogP contribution in [0.25, 0.3) is 0 Å². The highest BCUT2D eigenvalue weighted by molar-refractivity contribution is 5.98. The fourth-order valence-electron chi connectivity index (χ4n) is 3.45. The number of amidine groups is 1. The predicted octanol–water partition coefficient (Wildman–Crippen LogP) is 3.31. The van der Waals surface area contributed by atoms with E-state index < -0.39 is 35.9 Å². The first-order valence-electron chi connectivity index (χ1n) is 12.4. The van der Waals surface area contributed by atoms with Gasteiger partial charge in [-0.2, -0.15) is 17.6 Å². The van der Waals surface area contributed by atoms with Crippen molar-refractivity contribution in [2.24, 2.45) is 10.7 Å². The van der Waals surface area contributed by atoms with Crippen molar-refractivity contribution in [2.45, 2.75) is 32.2 Å². The SMILES string of the molecule is CC(C)Oc1ccc2cc1OC/N=C(/N)c1ccc(cc1)NC2C(=O)NNC(=O)c1cccnc1F.O=C(O)C(F)(F)F. The summed E-state index contributed by atoms with van der Waals surface area (Å²) in [7, 11) is 0. The molecule has 12 nitrogen and oxygen atoms in total. The van der Waals surface area contributed by atoms with Gasteiger partial charge in [0, 0.05) is 17.4 Å². The number of hydrogen-bond acceptors (Lipinski definition) is 9. The Morgan fingerprint density at radius 2 is 1.79 bits per heavy atom. The molecule has 0 saturated heterocycles. The topological polar surface area (TPSA) is 177 Å².